The number of rotatable bonds is 7. The van der Waals surface area contributed by atoms with Crippen molar-refractivity contribution in [2.45, 2.75) is 32.7 Å². The van der Waals surface area contributed by atoms with E-state index in [-0.39, 0.29) is 0 Å². The van der Waals surface area contributed by atoms with Gasteiger partial charge in [0.05, 0.1) is 20.8 Å². The summed E-state index contributed by atoms with van der Waals surface area (Å²) in [5.74, 6) is 2.10. The van der Waals surface area contributed by atoms with Crippen molar-refractivity contribution in [1.82, 2.24) is 5.32 Å². The van der Waals surface area contributed by atoms with Crippen molar-refractivity contribution in [3.05, 3.63) is 23.3 Å². The molecule has 0 aliphatic carbocycles. The molecule has 2 rings (SSSR count). The van der Waals surface area contributed by atoms with E-state index in [1.54, 1.807) is 14.2 Å². The monoisotopic (exact) mass is 293 g/mol. The molecule has 1 aliphatic rings. The highest BCUT2D eigenvalue weighted by Gasteiger charge is 2.28. The summed E-state index contributed by atoms with van der Waals surface area (Å²) >= 11 is 0. The lowest BCUT2D eigenvalue weighted by atomic mass is 9.89. The molecule has 2 unspecified atom stereocenters. The van der Waals surface area contributed by atoms with E-state index >= 15 is 0 Å². The molecule has 1 N–H and O–H groups in total. The van der Waals surface area contributed by atoms with E-state index in [2.05, 4.69) is 31.3 Å². The lowest BCUT2D eigenvalue weighted by Gasteiger charge is -2.26. The van der Waals surface area contributed by atoms with E-state index < -0.39 is 0 Å². The van der Waals surface area contributed by atoms with Crippen molar-refractivity contribution in [3.63, 3.8) is 0 Å². The zero-order valence-electron chi connectivity index (χ0n) is 13.6. The molecule has 4 nitrogen and oxygen atoms in total. The van der Waals surface area contributed by atoms with Gasteiger partial charge in [0.15, 0.2) is 11.5 Å². The van der Waals surface area contributed by atoms with E-state index in [1.807, 2.05) is 0 Å². The number of methoxy groups -OCH3 is 2. The third-order valence-electron chi connectivity index (χ3n) is 4.16. The van der Waals surface area contributed by atoms with Crippen LogP contribution in [0.15, 0.2) is 12.1 Å². The Morgan fingerprint density at radius 3 is 2.57 bits per heavy atom. The second-order valence-corrected chi connectivity index (χ2v) is 5.62. The van der Waals surface area contributed by atoms with Gasteiger partial charge in [0, 0.05) is 18.6 Å². The average Bonchev–Trinajstić information content (AvgIpc) is 3.02. The first-order chi connectivity index (χ1) is 10.2. The average molecular weight is 293 g/mol. The molecule has 0 spiro atoms. The van der Waals surface area contributed by atoms with Crippen molar-refractivity contribution in [3.8, 4) is 11.5 Å². The van der Waals surface area contributed by atoms with Crippen LogP contribution in [0, 0.1) is 12.8 Å². The standard InChI is InChI=1S/C17H27NO3/c1-5-7-18-17(13-6-8-21-11-13)14-10-16(20-4)15(19-3)9-12(14)2/h9-10,13,17-18H,5-8,11H2,1-4H3. The summed E-state index contributed by atoms with van der Waals surface area (Å²) in [5.41, 5.74) is 2.52. The predicted octanol–water partition coefficient (Wildman–Crippen LogP) is 3.09. The van der Waals surface area contributed by atoms with E-state index in [4.69, 9.17) is 14.2 Å². The molecular weight excluding hydrogens is 266 g/mol. The lowest BCUT2D eigenvalue weighted by molar-refractivity contribution is 0.176. The van der Waals surface area contributed by atoms with Crippen LogP contribution < -0.4 is 14.8 Å². The quantitative estimate of drug-likeness (QED) is 0.838. The van der Waals surface area contributed by atoms with Crippen LogP contribution in [0.2, 0.25) is 0 Å². The molecular formula is C17H27NO3. The summed E-state index contributed by atoms with van der Waals surface area (Å²) in [5, 5.41) is 3.68. The van der Waals surface area contributed by atoms with Crippen molar-refractivity contribution in [2.75, 3.05) is 34.0 Å². The fourth-order valence-electron chi connectivity index (χ4n) is 2.98. The lowest BCUT2D eigenvalue weighted by Crippen LogP contribution is -2.30. The Bertz CT molecular complexity index is 456. The van der Waals surface area contributed by atoms with Crippen LogP contribution in [0.3, 0.4) is 0 Å². The van der Waals surface area contributed by atoms with Gasteiger partial charge in [-0.3, -0.25) is 0 Å². The van der Waals surface area contributed by atoms with Gasteiger partial charge >= 0.3 is 0 Å². The largest absolute Gasteiger partial charge is 0.493 e. The van der Waals surface area contributed by atoms with Gasteiger partial charge in [-0.25, -0.2) is 0 Å². The summed E-state index contributed by atoms with van der Waals surface area (Å²) in [4.78, 5) is 0. The Morgan fingerprint density at radius 1 is 1.29 bits per heavy atom. The zero-order chi connectivity index (χ0) is 15.2. The second kappa shape index (κ2) is 7.66. The van der Waals surface area contributed by atoms with E-state index in [0.29, 0.717) is 12.0 Å². The van der Waals surface area contributed by atoms with Gasteiger partial charge < -0.3 is 19.5 Å². The van der Waals surface area contributed by atoms with Crippen LogP contribution in [-0.4, -0.2) is 34.0 Å². The van der Waals surface area contributed by atoms with Gasteiger partial charge in [-0.1, -0.05) is 6.92 Å². The van der Waals surface area contributed by atoms with Crippen molar-refractivity contribution in [1.29, 1.82) is 0 Å². The first-order valence-electron chi connectivity index (χ1n) is 7.74. The first kappa shape index (κ1) is 16.1. The Balaban J connectivity index is 2.33. The fourth-order valence-corrected chi connectivity index (χ4v) is 2.98. The predicted molar refractivity (Wildman–Crippen MR) is 84.2 cm³/mol. The Labute approximate surface area is 127 Å². The van der Waals surface area contributed by atoms with Crippen LogP contribution in [0.5, 0.6) is 11.5 Å². The van der Waals surface area contributed by atoms with E-state index in [0.717, 1.165) is 44.1 Å². The van der Waals surface area contributed by atoms with Crippen molar-refractivity contribution < 1.29 is 14.2 Å². The van der Waals surface area contributed by atoms with E-state index in [1.165, 1.54) is 11.1 Å². The molecule has 2 atom stereocenters. The Morgan fingerprint density at radius 2 is 2.00 bits per heavy atom. The van der Waals surface area contributed by atoms with Crippen molar-refractivity contribution >= 4 is 0 Å². The molecule has 1 fully saturated rings. The second-order valence-electron chi connectivity index (χ2n) is 5.62. The molecule has 1 aliphatic heterocycles. The number of aryl methyl sites for hydroxylation is 1. The van der Waals surface area contributed by atoms with Gasteiger partial charge in [-0.2, -0.15) is 0 Å². The molecule has 118 valence electrons. The molecule has 1 saturated heterocycles. The van der Waals surface area contributed by atoms with E-state index in [9.17, 15) is 0 Å². The van der Waals surface area contributed by atoms with Crippen molar-refractivity contribution in [2.24, 2.45) is 5.92 Å². The summed E-state index contributed by atoms with van der Waals surface area (Å²) in [7, 11) is 3.36. The summed E-state index contributed by atoms with van der Waals surface area (Å²) in [6, 6.07) is 4.48. The highest BCUT2D eigenvalue weighted by Crippen LogP contribution is 2.37. The molecule has 1 aromatic carbocycles. The normalized spacial score (nSPS) is 19.5. The summed E-state index contributed by atoms with van der Waals surface area (Å²) < 4.78 is 16.4. The molecule has 21 heavy (non-hydrogen) atoms. The van der Waals surface area contributed by atoms with Gasteiger partial charge in [0.2, 0.25) is 0 Å². The van der Waals surface area contributed by atoms with Crippen LogP contribution in [0.4, 0.5) is 0 Å². The van der Waals surface area contributed by atoms with Gasteiger partial charge in [-0.15, -0.1) is 0 Å². The third-order valence-corrected chi connectivity index (χ3v) is 4.16. The third kappa shape index (κ3) is 3.69. The van der Waals surface area contributed by atoms with Gasteiger partial charge in [-0.05, 0) is 49.6 Å². The zero-order valence-corrected chi connectivity index (χ0v) is 13.6. The highest BCUT2D eigenvalue weighted by atomic mass is 16.5. The molecule has 0 amide bonds. The van der Waals surface area contributed by atoms with Crippen LogP contribution in [0.1, 0.15) is 36.9 Å². The molecule has 0 radical (unpaired) electrons. The smallest absolute Gasteiger partial charge is 0.161 e. The van der Waals surface area contributed by atoms with Crippen LogP contribution in [0.25, 0.3) is 0 Å². The molecule has 0 saturated carbocycles. The Hall–Kier alpha value is -1.26. The number of ether oxygens (including phenoxy) is 3. The minimum atomic E-state index is 0.312. The van der Waals surface area contributed by atoms with Crippen LogP contribution >= 0.6 is 0 Å². The molecule has 1 aromatic rings. The minimum Gasteiger partial charge on any atom is -0.493 e. The van der Waals surface area contributed by atoms with Crippen LogP contribution in [-0.2, 0) is 4.74 Å². The highest BCUT2D eigenvalue weighted by molar-refractivity contribution is 5.48. The maximum atomic E-state index is 5.58. The number of hydrogen-bond acceptors (Lipinski definition) is 4. The maximum Gasteiger partial charge on any atom is 0.161 e. The fraction of sp³-hybridized carbons (Fsp3) is 0.647. The Kier molecular flexibility index (Phi) is 5.88. The first-order valence-corrected chi connectivity index (χ1v) is 7.74. The van der Waals surface area contributed by atoms with Gasteiger partial charge in [0.25, 0.3) is 0 Å². The molecule has 1 heterocycles. The summed E-state index contributed by atoms with van der Waals surface area (Å²) in [6.45, 7) is 7.02. The topological polar surface area (TPSA) is 39.7 Å². The van der Waals surface area contributed by atoms with Gasteiger partial charge in [0.1, 0.15) is 0 Å². The number of hydrogen-bond donors (Lipinski definition) is 1. The maximum absolute atomic E-state index is 5.58. The molecule has 0 bridgehead atoms. The SMILES string of the molecule is CCCNC(c1cc(OC)c(OC)cc1C)C1CCOC1. The summed E-state index contributed by atoms with van der Waals surface area (Å²) in [6.07, 6.45) is 2.23. The molecule has 4 heteroatoms. The minimum absolute atomic E-state index is 0.312. The molecule has 0 aromatic heterocycles. The number of nitrogens with one attached hydrogen (secondary N) is 1. The number of benzene rings is 1.